The number of carbonyl (C=O) groups is 1. The molecule has 1 fully saturated rings. The van der Waals surface area contributed by atoms with E-state index in [1.165, 1.54) is 5.56 Å². The minimum absolute atomic E-state index is 0.0157. The highest BCUT2D eigenvalue weighted by molar-refractivity contribution is 5.72. The van der Waals surface area contributed by atoms with Gasteiger partial charge in [-0.05, 0) is 74.4 Å². The van der Waals surface area contributed by atoms with Crippen molar-refractivity contribution in [2.24, 2.45) is 17.6 Å². The molecule has 5 nitrogen and oxygen atoms in total. The molecule has 1 heterocycles. The average molecular weight is 467 g/mol. The van der Waals surface area contributed by atoms with Crippen molar-refractivity contribution >= 4 is 5.97 Å². The Morgan fingerprint density at radius 1 is 1.12 bits per heavy atom. The van der Waals surface area contributed by atoms with E-state index in [4.69, 9.17) is 10.5 Å². The molecule has 2 aromatic carbocycles. The maximum absolute atomic E-state index is 12.3. The van der Waals surface area contributed by atoms with Gasteiger partial charge in [0.1, 0.15) is 5.75 Å². The Morgan fingerprint density at radius 3 is 2.41 bits per heavy atom. The molecule has 0 bridgehead atoms. The van der Waals surface area contributed by atoms with Gasteiger partial charge in [0.05, 0.1) is 6.10 Å². The molecule has 0 aromatic heterocycles. The Bertz CT molecular complexity index is 899. The fourth-order valence-electron chi connectivity index (χ4n) is 5.25. The Balaban J connectivity index is 1.59. The molecule has 186 valence electrons. The number of hydrogen-bond donors (Lipinski definition) is 2. The number of carbonyl (C=O) groups excluding carboxylic acids is 1. The van der Waals surface area contributed by atoms with Crippen molar-refractivity contribution in [1.29, 1.82) is 0 Å². The van der Waals surface area contributed by atoms with E-state index in [9.17, 15) is 9.90 Å². The van der Waals surface area contributed by atoms with Crippen LogP contribution in [0, 0.1) is 11.8 Å². The van der Waals surface area contributed by atoms with Crippen LogP contribution < -0.4 is 10.5 Å². The van der Waals surface area contributed by atoms with E-state index in [0.29, 0.717) is 24.6 Å². The van der Waals surface area contributed by atoms with Gasteiger partial charge in [0, 0.05) is 24.4 Å². The minimum atomic E-state index is -0.615. The van der Waals surface area contributed by atoms with Gasteiger partial charge in [-0.2, -0.15) is 0 Å². The summed E-state index contributed by atoms with van der Waals surface area (Å²) in [5.41, 5.74) is 8.09. The number of esters is 1. The van der Waals surface area contributed by atoms with Gasteiger partial charge in [-0.25, -0.2) is 0 Å². The van der Waals surface area contributed by atoms with E-state index >= 15 is 0 Å². The second kappa shape index (κ2) is 12.0. The number of benzene rings is 2. The van der Waals surface area contributed by atoms with Crippen molar-refractivity contribution in [3.05, 3.63) is 65.7 Å². The minimum Gasteiger partial charge on any atom is -0.427 e. The summed E-state index contributed by atoms with van der Waals surface area (Å²) in [6.07, 6.45) is 2.88. The number of aliphatic hydroxyl groups is 1. The highest BCUT2D eigenvalue weighted by Gasteiger charge is 2.36. The molecule has 4 atom stereocenters. The molecule has 2 aromatic rings. The summed E-state index contributed by atoms with van der Waals surface area (Å²) in [6, 6.07) is 17.9. The van der Waals surface area contributed by atoms with Crippen LogP contribution in [0.4, 0.5) is 0 Å². The molecule has 0 amide bonds. The number of hydrogen-bond acceptors (Lipinski definition) is 5. The van der Waals surface area contributed by atoms with E-state index in [2.05, 4.69) is 62.9 Å². The molecule has 3 rings (SSSR count). The number of nitrogens with zero attached hydrogens (tertiary/aromatic N) is 1. The maximum atomic E-state index is 12.3. The first kappa shape index (κ1) is 26.4. The summed E-state index contributed by atoms with van der Waals surface area (Å²) in [5.74, 6) is 0.880. The van der Waals surface area contributed by atoms with Gasteiger partial charge < -0.3 is 15.6 Å². The van der Waals surface area contributed by atoms with Crippen molar-refractivity contribution in [2.75, 3.05) is 19.6 Å². The Kier molecular flexibility index (Phi) is 9.29. The molecule has 5 heteroatoms. The van der Waals surface area contributed by atoms with Crippen molar-refractivity contribution in [3.8, 4) is 5.75 Å². The molecular formula is C29H42N2O3. The van der Waals surface area contributed by atoms with Crippen molar-refractivity contribution in [3.63, 3.8) is 0 Å². The molecule has 1 saturated heterocycles. The lowest BCUT2D eigenvalue weighted by Crippen LogP contribution is -2.49. The molecule has 0 spiro atoms. The summed E-state index contributed by atoms with van der Waals surface area (Å²) in [4.78, 5) is 14.7. The SMILES string of the molecule is CC(C)CC(CN)CC(=O)Oc1ccc(C(O)C(C)N2CCCC(C)(c3ccccc3)C2)cc1. The number of ether oxygens (including phenoxy) is 1. The molecule has 1 aliphatic rings. The van der Waals surface area contributed by atoms with Gasteiger partial charge in [0.25, 0.3) is 0 Å². The average Bonchev–Trinajstić information content (AvgIpc) is 2.83. The summed E-state index contributed by atoms with van der Waals surface area (Å²) in [7, 11) is 0. The van der Waals surface area contributed by atoms with E-state index in [1.807, 2.05) is 12.1 Å². The highest BCUT2D eigenvalue weighted by Crippen LogP contribution is 2.36. The van der Waals surface area contributed by atoms with E-state index in [1.54, 1.807) is 12.1 Å². The van der Waals surface area contributed by atoms with Crippen LogP contribution in [0.15, 0.2) is 54.6 Å². The van der Waals surface area contributed by atoms with Crippen LogP contribution >= 0.6 is 0 Å². The molecule has 3 N–H and O–H groups in total. The van der Waals surface area contributed by atoms with Crippen LogP contribution in [0.5, 0.6) is 5.75 Å². The molecule has 4 unspecified atom stereocenters. The summed E-state index contributed by atoms with van der Waals surface area (Å²) in [6.45, 7) is 11.1. The Labute approximate surface area is 205 Å². The highest BCUT2D eigenvalue weighted by atomic mass is 16.5. The second-order valence-corrected chi connectivity index (χ2v) is 10.7. The first-order valence-electron chi connectivity index (χ1n) is 12.7. The van der Waals surface area contributed by atoms with Crippen LogP contribution in [0.1, 0.15) is 70.6 Å². The third kappa shape index (κ3) is 6.91. The zero-order valence-electron chi connectivity index (χ0n) is 21.2. The fourth-order valence-corrected chi connectivity index (χ4v) is 5.25. The third-order valence-electron chi connectivity index (χ3n) is 7.28. The summed E-state index contributed by atoms with van der Waals surface area (Å²) < 4.78 is 5.53. The van der Waals surface area contributed by atoms with Gasteiger partial charge in [0.15, 0.2) is 0 Å². The Hall–Kier alpha value is -2.21. The van der Waals surface area contributed by atoms with Crippen LogP contribution in [-0.2, 0) is 10.2 Å². The van der Waals surface area contributed by atoms with E-state index < -0.39 is 6.10 Å². The lowest BCUT2D eigenvalue weighted by molar-refractivity contribution is -0.135. The monoisotopic (exact) mass is 466 g/mol. The fraction of sp³-hybridized carbons (Fsp3) is 0.552. The Morgan fingerprint density at radius 2 is 1.79 bits per heavy atom. The van der Waals surface area contributed by atoms with E-state index in [-0.39, 0.29) is 23.3 Å². The smallest absolute Gasteiger partial charge is 0.311 e. The standard InChI is InChI=1S/C29H42N2O3/c1-21(2)17-23(19-30)18-27(32)34-26-13-11-24(12-14-26)28(33)22(3)31-16-8-15-29(4,20-31)25-9-6-5-7-10-25/h5-7,9-14,21-23,28,33H,8,15-20,30H2,1-4H3. The lowest BCUT2D eigenvalue weighted by Gasteiger charge is -2.44. The normalized spacial score (nSPS) is 21.7. The van der Waals surface area contributed by atoms with E-state index in [0.717, 1.165) is 37.9 Å². The predicted molar refractivity (Wildman–Crippen MR) is 138 cm³/mol. The van der Waals surface area contributed by atoms with Crippen LogP contribution in [0.3, 0.4) is 0 Å². The largest absolute Gasteiger partial charge is 0.427 e. The molecule has 0 aliphatic carbocycles. The molecule has 0 radical (unpaired) electrons. The summed E-state index contributed by atoms with van der Waals surface area (Å²) in [5, 5.41) is 11.1. The second-order valence-electron chi connectivity index (χ2n) is 10.7. The van der Waals surface area contributed by atoms with Gasteiger partial charge in [-0.1, -0.05) is 63.2 Å². The van der Waals surface area contributed by atoms with Crippen molar-refractivity contribution < 1.29 is 14.6 Å². The quantitative estimate of drug-likeness (QED) is 0.377. The van der Waals surface area contributed by atoms with Gasteiger partial charge in [-0.15, -0.1) is 0 Å². The van der Waals surface area contributed by atoms with Gasteiger partial charge >= 0.3 is 5.97 Å². The van der Waals surface area contributed by atoms with Crippen LogP contribution in [0.2, 0.25) is 0 Å². The number of rotatable bonds is 10. The third-order valence-corrected chi connectivity index (χ3v) is 7.28. The van der Waals surface area contributed by atoms with Crippen molar-refractivity contribution in [1.82, 2.24) is 4.90 Å². The first-order chi connectivity index (χ1) is 16.2. The zero-order chi connectivity index (χ0) is 24.7. The van der Waals surface area contributed by atoms with Gasteiger partial charge in [-0.3, -0.25) is 9.69 Å². The first-order valence-corrected chi connectivity index (χ1v) is 12.7. The summed E-state index contributed by atoms with van der Waals surface area (Å²) >= 11 is 0. The van der Waals surface area contributed by atoms with Crippen molar-refractivity contribution in [2.45, 2.75) is 70.9 Å². The zero-order valence-corrected chi connectivity index (χ0v) is 21.2. The van der Waals surface area contributed by atoms with Crippen LogP contribution in [-0.4, -0.2) is 41.7 Å². The number of likely N-dealkylation sites (tertiary alicyclic amines) is 1. The molecule has 34 heavy (non-hydrogen) atoms. The molecule has 0 saturated carbocycles. The van der Waals surface area contributed by atoms with Crippen LogP contribution in [0.25, 0.3) is 0 Å². The topological polar surface area (TPSA) is 75.8 Å². The lowest BCUT2D eigenvalue weighted by atomic mass is 9.75. The molecule has 1 aliphatic heterocycles. The number of aliphatic hydroxyl groups excluding tert-OH is 1. The molecular weight excluding hydrogens is 424 g/mol. The van der Waals surface area contributed by atoms with Gasteiger partial charge in [0.2, 0.25) is 0 Å². The predicted octanol–water partition coefficient (Wildman–Crippen LogP) is 5.08. The number of nitrogens with two attached hydrogens (primary N) is 1. The maximum Gasteiger partial charge on any atom is 0.311 e. The number of piperidine rings is 1.